The molecule has 0 atom stereocenters. The molecule has 0 aliphatic carbocycles. The Bertz CT molecular complexity index is 398. The fourth-order valence-electron chi connectivity index (χ4n) is 1.05. The monoisotopic (exact) mass is 260 g/mol. The van der Waals surface area contributed by atoms with E-state index in [1.165, 1.54) is 12.1 Å². The Labute approximate surface area is 103 Å². The van der Waals surface area contributed by atoms with Crippen molar-refractivity contribution in [3.63, 3.8) is 0 Å². The van der Waals surface area contributed by atoms with Crippen LogP contribution in [0.5, 0.6) is 5.75 Å². The largest absolute Gasteiger partial charge is 0.486 e. The van der Waals surface area contributed by atoms with Crippen LogP contribution in [0.25, 0.3) is 0 Å². The zero-order valence-corrected chi connectivity index (χ0v) is 9.81. The summed E-state index contributed by atoms with van der Waals surface area (Å²) in [7, 11) is 0. The molecule has 16 heavy (non-hydrogen) atoms. The Hall–Kier alpha value is -1.23. The van der Waals surface area contributed by atoms with Gasteiger partial charge in [0.1, 0.15) is 6.61 Å². The van der Waals surface area contributed by atoms with Gasteiger partial charge in [-0.25, -0.2) is 5.84 Å². The van der Waals surface area contributed by atoms with Gasteiger partial charge in [0.15, 0.2) is 5.75 Å². The number of hydrogen-bond donors (Lipinski definition) is 2. The van der Waals surface area contributed by atoms with Crippen LogP contribution < -0.4 is 16.0 Å². The highest BCUT2D eigenvalue weighted by Crippen LogP contribution is 2.34. The molecule has 6 heteroatoms. The van der Waals surface area contributed by atoms with Crippen molar-refractivity contribution in [2.45, 2.75) is 0 Å². The minimum Gasteiger partial charge on any atom is -0.486 e. The van der Waals surface area contributed by atoms with E-state index in [1.807, 2.05) is 5.43 Å². The summed E-state index contributed by atoms with van der Waals surface area (Å²) in [6.07, 6.45) is 1.56. The molecule has 1 aromatic carbocycles. The Kier molecular flexibility index (Phi) is 4.61. The highest BCUT2D eigenvalue weighted by molar-refractivity contribution is 6.37. The molecule has 0 unspecified atom stereocenters. The minimum absolute atomic E-state index is 0.243. The van der Waals surface area contributed by atoms with E-state index in [1.54, 1.807) is 6.08 Å². The van der Waals surface area contributed by atoms with Crippen molar-refractivity contribution >= 4 is 29.1 Å². The van der Waals surface area contributed by atoms with Gasteiger partial charge in [0.05, 0.1) is 10.0 Å². The van der Waals surface area contributed by atoms with E-state index in [0.717, 1.165) is 0 Å². The number of carbonyl (C=O) groups is 1. The molecule has 1 aromatic rings. The first-order valence-electron chi connectivity index (χ1n) is 4.33. The van der Waals surface area contributed by atoms with Gasteiger partial charge in [-0.05, 0) is 12.1 Å². The van der Waals surface area contributed by atoms with Crippen LogP contribution in [0.4, 0.5) is 0 Å². The zero-order valence-electron chi connectivity index (χ0n) is 8.30. The third-order valence-electron chi connectivity index (χ3n) is 1.74. The summed E-state index contributed by atoms with van der Waals surface area (Å²) in [6, 6.07) is 2.85. The second-order valence-electron chi connectivity index (χ2n) is 2.84. The van der Waals surface area contributed by atoms with Crippen molar-refractivity contribution in [3.8, 4) is 5.75 Å². The summed E-state index contributed by atoms with van der Waals surface area (Å²) in [5, 5.41) is 0.487. The highest BCUT2D eigenvalue weighted by Gasteiger charge is 2.12. The Morgan fingerprint density at radius 3 is 2.50 bits per heavy atom. The van der Waals surface area contributed by atoms with Crippen molar-refractivity contribution in [2.75, 3.05) is 6.61 Å². The molecule has 4 nitrogen and oxygen atoms in total. The number of nitrogen functional groups attached to an aromatic ring is 1. The SMILES string of the molecule is C=CCOc1c(Cl)cc(C(=O)NN)cc1Cl. The van der Waals surface area contributed by atoms with Crippen LogP contribution in [-0.2, 0) is 0 Å². The van der Waals surface area contributed by atoms with Gasteiger partial charge < -0.3 is 4.74 Å². The first-order valence-corrected chi connectivity index (χ1v) is 5.09. The van der Waals surface area contributed by atoms with Crippen LogP contribution in [0.2, 0.25) is 10.0 Å². The smallest absolute Gasteiger partial charge is 0.265 e. The van der Waals surface area contributed by atoms with Gasteiger partial charge in [-0.15, -0.1) is 0 Å². The number of hydrazine groups is 1. The number of ether oxygens (including phenoxy) is 1. The molecule has 86 valence electrons. The van der Waals surface area contributed by atoms with E-state index in [9.17, 15) is 4.79 Å². The quantitative estimate of drug-likeness (QED) is 0.378. The van der Waals surface area contributed by atoms with E-state index in [-0.39, 0.29) is 22.2 Å². The molecule has 1 rings (SSSR count). The molecule has 3 N–H and O–H groups in total. The van der Waals surface area contributed by atoms with Crippen LogP contribution in [-0.4, -0.2) is 12.5 Å². The summed E-state index contributed by atoms with van der Waals surface area (Å²) in [6.45, 7) is 3.78. The molecular formula is C10H10Cl2N2O2. The molecule has 0 heterocycles. The van der Waals surface area contributed by atoms with Gasteiger partial charge in [-0.3, -0.25) is 10.2 Å². The van der Waals surface area contributed by atoms with Crippen LogP contribution >= 0.6 is 23.2 Å². The molecule has 0 fully saturated rings. The zero-order chi connectivity index (χ0) is 12.1. The topological polar surface area (TPSA) is 64.3 Å². The van der Waals surface area contributed by atoms with Gasteiger partial charge in [0.25, 0.3) is 5.91 Å². The molecule has 0 aliphatic rings. The second-order valence-corrected chi connectivity index (χ2v) is 3.66. The molecule has 0 saturated heterocycles. The van der Waals surface area contributed by atoms with E-state index in [2.05, 4.69) is 6.58 Å². The van der Waals surface area contributed by atoms with Crippen molar-refractivity contribution < 1.29 is 9.53 Å². The molecule has 0 radical (unpaired) electrons. The second kappa shape index (κ2) is 5.75. The van der Waals surface area contributed by atoms with Crippen molar-refractivity contribution in [1.82, 2.24) is 5.43 Å². The maximum atomic E-state index is 11.2. The number of amides is 1. The summed E-state index contributed by atoms with van der Waals surface area (Å²) >= 11 is 11.8. The fraction of sp³-hybridized carbons (Fsp3) is 0.100. The number of benzene rings is 1. The molecule has 0 aliphatic heterocycles. The standard InChI is InChI=1S/C10H10Cl2N2O2/c1-2-3-16-9-7(11)4-6(5-8(9)12)10(15)14-13/h2,4-5H,1,3,13H2,(H,14,15). The number of rotatable bonds is 4. The predicted octanol–water partition coefficient (Wildman–Crippen LogP) is 2.16. The van der Waals surface area contributed by atoms with Crippen LogP contribution in [0.1, 0.15) is 10.4 Å². The maximum Gasteiger partial charge on any atom is 0.265 e. The first kappa shape index (κ1) is 12.8. The lowest BCUT2D eigenvalue weighted by Gasteiger charge is -2.09. The first-order chi connectivity index (χ1) is 7.60. The highest BCUT2D eigenvalue weighted by atomic mass is 35.5. The molecule has 0 bridgehead atoms. The van der Waals surface area contributed by atoms with Crippen LogP contribution in [0, 0.1) is 0 Å². The van der Waals surface area contributed by atoms with Crippen LogP contribution in [0.3, 0.4) is 0 Å². The number of nitrogens with one attached hydrogen (secondary N) is 1. The molecule has 1 amide bonds. The molecular weight excluding hydrogens is 251 g/mol. The maximum absolute atomic E-state index is 11.2. The Balaban J connectivity index is 3.06. The molecule has 0 aromatic heterocycles. The fourth-order valence-corrected chi connectivity index (χ4v) is 1.65. The van der Waals surface area contributed by atoms with E-state index < -0.39 is 5.91 Å². The van der Waals surface area contributed by atoms with Crippen molar-refractivity contribution in [1.29, 1.82) is 0 Å². The average Bonchev–Trinajstić information content (AvgIpc) is 2.26. The van der Waals surface area contributed by atoms with Gasteiger partial charge in [0.2, 0.25) is 0 Å². The Morgan fingerprint density at radius 2 is 2.06 bits per heavy atom. The lowest BCUT2D eigenvalue weighted by molar-refractivity contribution is 0.0953. The lowest BCUT2D eigenvalue weighted by Crippen LogP contribution is -2.29. The number of carbonyl (C=O) groups excluding carboxylic acids is 1. The number of hydrogen-bond acceptors (Lipinski definition) is 3. The van der Waals surface area contributed by atoms with E-state index in [4.69, 9.17) is 33.8 Å². The normalized spacial score (nSPS) is 9.69. The predicted molar refractivity (Wildman–Crippen MR) is 63.8 cm³/mol. The summed E-state index contributed by atoms with van der Waals surface area (Å²) in [5.74, 6) is 4.84. The number of halogens is 2. The van der Waals surface area contributed by atoms with Crippen molar-refractivity contribution in [2.24, 2.45) is 5.84 Å². The van der Waals surface area contributed by atoms with Gasteiger partial charge >= 0.3 is 0 Å². The Morgan fingerprint density at radius 1 is 1.50 bits per heavy atom. The summed E-state index contributed by atoms with van der Waals surface area (Å²) < 4.78 is 5.24. The number of nitrogens with two attached hydrogens (primary N) is 1. The summed E-state index contributed by atoms with van der Waals surface area (Å²) in [5.41, 5.74) is 2.25. The average molecular weight is 261 g/mol. The lowest BCUT2D eigenvalue weighted by atomic mass is 10.2. The summed E-state index contributed by atoms with van der Waals surface area (Å²) in [4.78, 5) is 11.2. The van der Waals surface area contributed by atoms with E-state index >= 15 is 0 Å². The van der Waals surface area contributed by atoms with Gasteiger partial charge in [-0.1, -0.05) is 35.9 Å². The van der Waals surface area contributed by atoms with Crippen LogP contribution in [0.15, 0.2) is 24.8 Å². The van der Waals surface area contributed by atoms with E-state index in [0.29, 0.717) is 5.75 Å². The minimum atomic E-state index is -0.473. The molecule has 0 spiro atoms. The van der Waals surface area contributed by atoms with Gasteiger partial charge in [-0.2, -0.15) is 0 Å². The third kappa shape index (κ3) is 2.88. The van der Waals surface area contributed by atoms with Crippen molar-refractivity contribution in [3.05, 3.63) is 40.4 Å². The third-order valence-corrected chi connectivity index (χ3v) is 2.30. The van der Waals surface area contributed by atoms with Gasteiger partial charge in [0, 0.05) is 5.56 Å². The molecule has 0 saturated carbocycles.